The molecule has 0 aliphatic carbocycles. The van der Waals surface area contributed by atoms with Crippen LogP contribution in [-0.4, -0.2) is 54.9 Å². The van der Waals surface area contributed by atoms with Gasteiger partial charge in [-0.1, -0.05) is 6.92 Å². The minimum Gasteiger partial charge on any atom is -0.394 e. The van der Waals surface area contributed by atoms with E-state index >= 15 is 0 Å². The Hall–Kier alpha value is -0.650. The minimum absolute atomic E-state index is 0.0231. The van der Waals surface area contributed by atoms with Crippen LogP contribution in [0.2, 0.25) is 0 Å². The third-order valence-electron chi connectivity index (χ3n) is 3.22. The van der Waals surface area contributed by atoms with Crippen molar-refractivity contribution in [1.29, 1.82) is 0 Å². The molecule has 5 nitrogen and oxygen atoms in total. The van der Waals surface area contributed by atoms with Gasteiger partial charge in [-0.05, 0) is 25.8 Å². The maximum Gasteiger partial charge on any atom is 0.225 e. The number of hydrogen-bond donors (Lipinski definition) is 2. The topological polar surface area (TPSA) is 75.8 Å². The summed E-state index contributed by atoms with van der Waals surface area (Å²) in [5.41, 5.74) is 5.46. The first-order valence-electron chi connectivity index (χ1n) is 6.40. The quantitative estimate of drug-likeness (QED) is 0.688. The Bertz CT molecular complexity index is 228. The predicted molar refractivity (Wildman–Crippen MR) is 65.5 cm³/mol. The summed E-state index contributed by atoms with van der Waals surface area (Å²) in [5, 5.41) is 8.67. The van der Waals surface area contributed by atoms with Gasteiger partial charge in [-0.25, -0.2) is 0 Å². The highest BCUT2D eigenvalue weighted by molar-refractivity contribution is 5.78. The van der Waals surface area contributed by atoms with Crippen molar-refractivity contribution >= 4 is 5.91 Å². The summed E-state index contributed by atoms with van der Waals surface area (Å²) >= 11 is 0. The van der Waals surface area contributed by atoms with Crippen molar-refractivity contribution in [3.8, 4) is 0 Å². The van der Waals surface area contributed by atoms with Crippen LogP contribution < -0.4 is 5.73 Å². The van der Waals surface area contributed by atoms with Gasteiger partial charge in [0.2, 0.25) is 5.91 Å². The maximum atomic E-state index is 12.0. The molecule has 1 heterocycles. The van der Waals surface area contributed by atoms with Crippen LogP contribution in [-0.2, 0) is 9.53 Å². The zero-order valence-electron chi connectivity index (χ0n) is 10.6. The summed E-state index contributed by atoms with van der Waals surface area (Å²) in [6.07, 6.45) is 2.66. The molecule has 1 rings (SSSR count). The van der Waals surface area contributed by atoms with E-state index in [1.807, 2.05) is 11.8 Å². The van der Waals surface area contributed by atoms with E-state index in [2.05, 4.69) is 0 Å². The Balaban J connectivity index is 2.28. The molecule has 3 N–H and O–H groups in total. The summed E-state index contributed by atoms with van der Waals surface area (Å²) in [5.74, 6) is 0.228. The van der Waals surface area contributed by atoms with Crippen molar-refractivity contribution in [2.24, 2.45) is 11.7 Å². The van der Waals surface area contributed by atoms with Gasteiger partial charge in [0.1, 0.15) is 0 Å². The van der Waals surface area contributed by atoms with Gasteiger partial charge < -0.3 is 20.5 Å². The highest BCUT2D eigenvalue weighted by Gasteiger charge is 2.25. The maximum absolute atomic E-state index is 12.0. The average molecular weight is 244 g/mol. The Morgan fingerprint density at radius 3 is 2.71 bits per heavy atom. The summed E-state index contributed by atoms with van der Waals surface area (Å²) in [6, 6.07) is 0. The van der Waals surface area contributed by atoms with Crippen LogP contribution in [0.25, 0.3) is 0 Å². The second kappa shape index (κ2) is 7.63. The Labute approximate surface area is 103 Å². The number of aliphatic hydroxyl groups is 1. The summed E-state index contributed by atoms with van der Waals surface area (Å²) in [7, 11) is 0. The molecule has 100 valence electrons. The highest BCUT2D eigenvalue weighted by atomic mass is 16.5. The Morgan fingerprint density at radius 2 is 2.18 bits per heavy atom. The molecule has 1 amide bonds. The number of hydrogen-bond acceptors (Lipinski definition) is 4. The predicted octanol–water partition coefficient (Wildman–Crippen LogP) is -0.0288. The number of piperidine rings is 1. The van der Waals surface area contributed by atoms with Crippen LogP contribution >= 0.6 is 0 Å². The van der Waals surface area contributed by atoms with Crippen molar-refractivity contribution in [3.63, 3.8) is 0 Å². The molecule has 0 radical (unpaired) electrons. The molecule has 5 heteroatoms. The summed E-state index contributed by atoms with van der Waals surface area (Å²) in [4.78, 5) is 13.9. The largest absolute Gasteiger partial charge is 0.394 e. The normalized spacial score (nSPS) is 19.4. The smallest absolute Gasteiger partial charge is 0.225 e. The van der Waals surface area contributed by atoms with E-state index in [9.17, 15) is 4.79 Å². The number of ether oxygens (including phenoxy) is 1. The van der Waals surface area contributed by atoms with E-state index in [1.54, 1.807) is 0 Å². The molecular formula is C12H24N2O3. The average Bonchev–Trinajstić information content (AvgIpc) is 2.36. The van der Waals surface area contributed by atoms with E-state index in [4.69, 9.17) is 15.6 Å². The molecule has 1 fully saturated rings. The number of aliphatic hydroxyl groups excluding tert-OH is 1. The van der Waals surface area contributed by atoms with Gasteiger partial charge in [0.15, 0.2) is 0 Å². The minimum atomic E-state index is 0.0231. The van der Waals surface area contributed by atoms with Crippen molar-refractivity contribution in [2.75, 3.05) is 32.8 Å². The highest BCUT2D eigenvalue weighted by Crippen LogP contribution is 2.16. The molecule has 0 saturated carbocycles. The van der Waals surface area contributed by atoms with Gasteiger partial charge in [0.25, 0.3) is 0 Å². The first kappa shape index (κ1) is 14.4. The number of nitrogens with zero attached hydrogens (tertiary/aromatic N) is 1. The Kier molecular flexibility index (Phi) is 6.47. The van der Waals surface area contributed by atoms with Crippen LogP contribution in [0.5, 0.6) is 0 Å². The number of carbonyl (C=O) groups excluding carboxylic acids is 1. The fourth-order valence-electron chi connectivity index (χ4n) is 2.15. The molecule has 0 aromatic carbocycles. The summed E-state index contributed by atoms with van der Waals surface area (Å²) < 4.78 is 5.46. The van der Waals surface area contributed by atoms with E-state index in [-0.39, 0.29) is 24.5 Å². The number of amides is 1. The second-order valence-electron chi connectivity index (χ2n) is 4.60. The first-order valence-corrected chi connectivity index (χ1v) is 6.40. The van der Waals surface area contributed by atoms with Crippen LogP contribution in [0, 0.1) is 5.92 Å². The van der Waals surface area contributed by atoms with Gasteiger partial charge in [0.05, 0.1) is 19.3 Å². The fourth-order valence-corrected chi connectivity index (χ4v) is 2.15. The molecular weight excluding hydrogens is 220 g/mol. The van der Waals surface area contributed by atoms with Crippen molar-refractivity contribution < 1.29 is 14.6 Å². The monoisotopic (exact) mass is 244 g/mol. The number of carbonyl (C=O) groups is 1. The third-order valence-corrected chi connectivity index (χ3v) is 3.22. The SMILES string of the molecule is CC(CCN)C(=O)N1CCC(OCCO)CC1. The second-order valence-corrected chi connectivity index (χ2v) is 4.60. The molecule has 1 atom stereocenters. The van der Waals surface area contributed by atoms with E-state index in [0.29, 0.717) is 13.2 Å². The fraction of sp³-hybridized carbons (Fsp3) is 0.917. The lowest BCUT2D eigenvalue weighted by atomic mass is 10.0. The zero-order valence-corrected chi connectivity index (χ0v) is 10.6. The lowest BCUT2D eigenvalue weighted by Gasteiger charge is -2.33. The molecule has 0 aromatic heterocycles. The van der Waals surface area contributed by atoms with Crippen LogP contribution in [0.4, 0.5) is 0 Å². The first-order chi connectivity index (χ1) is 8.19. The molecule has 17 heavy (non-hydrogen) atoms. The molecule has 1 aliphatic heterocycles. The standard InChI is InChI=1S/C12H24N2O3/c1-10(2-5-13)12(16)14-6-3-11(4-7-14)17-9-8-15/h10-11,15H,2-9,13H2,1H3. The van der Waals surface area contributed by atoms with Gasteiger partial charge in [0, 0.05) is 19.0 Å². The molecule has 1 unspecified atom stereocenters. The van der Waals surface area contributed by atoms with Gasteiger partial charge in [-0.3, -0.25) is 4.79 Å². The zero-order chi connectivity index (χ0) is 12.7. The number of rotatable bonds is 6. The Morgan fingerprint density at radius 1 is 1.53 bits per heavy atom. The molecule has 1 aliphatic rings. The molecule has 0 bridgehead atoms. The van der Waals surface area contributed by atoms with Crippen molar-refractivity contribution in [1.82, 2.24) is 4.90 Å². The lowest BCUT2D eigenvalue weighted by Crippen LogP contribution is -2.43. The van der Waals surface area contributed by atoms with Gasteiger partial charge >= 0.3 is 0 Å². The van der Waals surface area contributed by atoms with Crippen molar-refractivity contribution in [2.45, 2.75) is 32.3 Å². The summed E-state index contributed by atoms with van der Waals surface area (Å²) in [6.45, 7) is 4.45. The van der Waals surface area contributed by atoms with Crippen LogP contribution in [0.3, 0.4) is 0 Å². The molecule has 1 saturated heterocycles. The van der Waals surface area contributed by atoms with E-state index < -0.39 is 0 Å². The van der Waals surface area contributed by atoms with Crippen LogP contribution in [0.15, 0.2) is 0 Å². The molecule has 0 spiro atoms. The van der Waals surface area contributed by atoms with Gasteiger partial charge in [-0.2, -0.15) is 0 Å². The lowest BCUT2D eigenvalue weighted by molar-refractivity contribution is -0.137. The van der Waals surface area contributed by atoms with E-state index in [0.717, 1.165) is 32.4 Å². The number of nitrogens with two attached hydrogens (primary N) is 1. The van der Waals surface area contributed by atoms with Gasteiger partial charge in [-0.15, -0.1) is 0 Å². The van der Waals surface area contributed by atoms with Crippen LogP contribution in [0.1, 0.15) is 26.2 Å². The third kappa shape index (κ3) is 4.61. The van der Waals surface area contributed by atoms with Crippen molar-refractivity contribution in [3.05, 3.63) is 0 Å². The number of likely N-dealkylation sites (tertiary alicyclic amines) is 1. The van der Waals surface area contributed by atoms with E-state index in [1.165, 1.54) is 0 Å². The molecule has 0 aromatic rings.